The van der Waals surface area contributed by atoms with E-state index in [1.807, 2.05) is 12.1 Å². The molecule has 0 aliphatic carbocycles. The number of anilines is 4. The zero-order valence-electron chi connectivity index (χ0n) is 17.4. The number of ether oxygens (including phenoxy) is 1. The molecule has 3 aromatic carbocycles. The van der Waals surface area contributed by atoms with Gasteiger partial charge in [0.15, 0.2) is 5.82 Å². The van der Waals surface area contributed by atoms with Crippen LogP contribution in [0.25, 0.3) is 11.0 Å². The number of hydrogen-bond acceptors (Lipinski definition) is 8. The van der Waals surface area contributed by atoms with Gasteiger partial charge in [-0.05, 0) is 42.5 Å². The number of aromatic nitrogens is 2. The van der Waals surface area contributed by atoms with Crippen LogP contribution in [0, 0.1) is 0 Å². The smallest absolute Gasteiger partial charge is 0.263 e. The number of benzene rings is 3. The van der Waals surface area contributed by atoms with E-state index in [0.29, 0.717) is 28.2 Å². The molecule has 0 spiro atoms. The first kappa shape index (κ1) is 21.3. The SMILES string of the molecule is COc1ccccc1N(OC)c1nc2ccccc2nc1NS(=O)(=O)c1cccc(N)c1. The highest BCUT2D eigenvalue weighted by molar-refractivity contribution is 7.92. The second kappa shape index (κ2) is 8.69. The van der Waals surface area contributed by atoms with Crippen LogP contribution < -0.4 is 20.3 Å². The van der Waals surface area contributed by atoms with E-state index in [0.717, 1.165) is 0 Å². The Bertz CT molecular complexity index is 1380. The summed E-state index contributed by atoms with van der Waals surface area (Å²) < 4.78 is 34.2. The van der Waals surface area contributed by atoms with Gasteiger partial charge in [-0.2, -0.15) is 5.06 Å². The molecule has 1 heterocycles. The maximum absolute atomic E-state index is 13.1. The third-order valence-corrected chi connectivity index (χ3v) is 5.97. The molecule has 0 unspecified atom stereocenters. The van der Waals surface area contributed by atoms with Gasteiger partial charge in [-0.25, -0.2) is 18.4 Å². The molecule has 4 aromatic rings. The first-order valence-electron chi connectivity index (χ1n) is 9.55. The summed E-state index contributed by atoms with van der Waals surface area (Å²) in [6.45, 7) is 0. The van der Waals surface area contributed by atoms with E-state index >= 15 is 0 Å². The monoisotopic (exact) mass is 451 g/mol. The van der Waals surface area contributed by atoms with Crippen molar-refractivity contribution in [2.45, 2.75) is 4.90 Å². The standard InChI is InChI=1S/C22H21N5O4S/c1-30-20-13-6-5-12-19(20)27(31-2)22-21(24-17-10-3-4-11-18(17)25-22)26-32(28,29)16-9-7-8-15(23)14-16/h3-14H,23H2,1-2H3,(H,24,26). The van der Waals surface area contributed by atoms with Gasteiger partial charge < -0.3 is 10.5 Å². The molecule has 32 heavy (non-hydrogen) atoms. The summed E-state index contributed by atoms with van der Waals surface area (Å²) in [4.78, 5) is 14.7. The van der Waals surface area contributed by atoms with Crippen molar-refractivity contribution >= 4 is 44.1 Å². The van der Waals surface area contributed by atoms with Crippen molar-refractivity contribution in [1.29, 1.82) is 0 Å². The molecular weight excluding hydrogens is 430 g/mol. The fourth-order valence-corrected chi connectivity index (χ4v) is 4.22. The van der Waals surface area contributed by atoms with E-state index in [1.165, 1.54) is 31.4 Å². The fraction of sp³-hybridized carbons (Fsp3) is 0.0909. The minimum absolute atomic E-state index is 0.000308. The lowest BCUT2D eigenvalue weighted by Crippen LogP contribution is -2.22. The molecule has 0 fully saturated rings. The number of methoxy groups -OCH3 is 1. The average molecular weight is 452 g/mol. The zero-order valence-corrected chi connectivity index (χ0v) is 18.2. The van der Waals surface area contributed by atoms with Crippen LogP contribution >= 0.6 is 0 Å². The van der Waals surface area contributed by atoms with Gasteiger partial charge in [0.05, 0.1) is 30.1 Å². The third-order valence-electron chi connectivity index (χ3n) is 4.63. The number of fused-ring (bicyclic) bond motifs is 1. The molecule has 164 valence electrons. The van der Waals surface area contributed by atoms with E-state index in [2.05, 4.69) is 14.7 Å². The molecule has 0 amide bonds. The van der Waals surface area contributed by atoms with Crippen LogP contribution in [0.5, 0.6) is 5.75 Å². The van der Waals surface area contributed by atoms with Gasteiger partial charge in [-0.1, -0.05) is 30.3 Å². The van der Waals surface area contributed by atoms with Gasteiger partial charge >= 0.3 is 0 Å². The summed E-state index contributed by atoms with van der Waals surface area (Å²) in [5, 5.41) is 1.36. The molecule has 0 bridgehead atoms. The molecule has 9 nitrogen and oxygen atoms in total. The Hall–Kier alpha value is -3.89. The maximum atomic E-state index is 13.1. The summed E-state index contributed by atoms with van der Waals surface area (Å²) in [7, 11) is -1.04. The van der Waals surface area contributed by atoms with E-state index in [4.69, 9.17) is 15.3 Å². The Morgan fingerprint density at radius 2 is 1.59 bits per heavy atom. The van der Waals surface area contributed by atoms with Gasteiger partial charge in [0.2, 0.25) is 5.82 Å². The molecule has 0 saturated carbocycles. The van der Waals surface area contributed by atoms with Crippen LogP contribution in [0.3, 0.4) is 0 Å². The molecule has 0 aliphatic heterocycles. The second-order valence-corrected chi connectivity index (χ2v) is 8.39. The van der Waals surface area contributed by atoms with Crippen molar-refractivity contribution in [3.8, 4) is 5.75 Å². The van der Waals surface area contributed by atoms with Gasteiger partial charge in [-0.15, -0.1) is 0 Å². The normalized spacial score (nSPS) is 11.3. The highest BCUT2D eigenvalue weighted by atomic mass is 32.2. The molecule has 3 N–H and O–H groups in total. The first-order chi connectivity index (χ1) is 15.4. The number of sulfonamides is 1. The molecule has 0 atom stereocenters. The Balaban J connectivity index is 1.89. The lowest BCUT2D eigenvalue weighted by Gasteiger charge is -2.24. The van der Waals surface area contributed by atoms with Crippen LogP contribution in [0.2, 0.25) is 0 Å². The van der Waals surface area contributed by atoms with Crippen LogP contribution in [-0.2, 0) is 14.9 Å². The van der Waals surface area contributed by atoms with Gasteiger partial charge in [0.25, 0.3) is 10.0 Å². The van der Waals surface area contributed by atoms with E-state index < -0.39 is 10.0 Å². The molecule has 0 saturated heterocycles. The van der Waals surface area contributed by atoms with Gasteiger partial charge in [0, 0.05) is 5.69 Å². The van der Waals surface area contributed by atoms with Crippen molar-refractivity contribution in [3.05, 3.63) is 72.8 Å². The molecule has 0 aliphatic rings. The summed E-state index contributed by atoms with van der Waals surface area (Å²) in [6, 6.07) is 20.2. The van der Waals surface area contributed by atoms with Crippen molar-refractivity contribution in [3.63, 3.8) is 0 Å². The number of nitrogens with zero attached hydrogens (tertiary/aromatic N) is 3. The van der Waals surface area contributed by atoms with Crippen molar-refractivity contribution in [1.82, 2.24) is 9.97 Å². The fourth-order valence-electron chi connectivity index (χ4n) is 3.17. The summed E-state index contributed by atoms with van der Waals surface area (Å²) in [5.41, 5.74) is 7.69. The minimum Gasteiger partial charge on any atom is -0.494 e. The predicted octanol–water partition coefficient (Wildman–Crippen LogP) is 3.72. The van der Waals surface area contributed by atoms with Crippen molar-refractivity contribution in [2.24, 2.45) is 0 Å². The summed E-state index contributed by atoms with van der Waals surface area (Å²) in [6.07, 6.45) is 0. The number of nitrogens with two attached hydrogens (primary N) is 1. The summed E-state index contributed by atoms with van der Waals surface area (Å²) >= 11 is 0. The van der Waals surface area contributed by atoms with E-state index in [9.17, 15) is 8.42 Å². The topological polar surface area (TPSA) is 120 Å². The molecular formula is C22H21N5O4S. The zero-order chi connectivity index (χ0) is 22.7. The first-order valence-corrected chi connectivity index (χ1v) is 11.0. The highest BCUT2D eigenvalue weighted by Gasteiger charge is 2.25. The predicted molar refractivity (Wildman–Crippen MR) is 123 cm³/mol. The Morgan fingerprint density at radius 3 is 2.28 bits per heavy atom. The van der Waals surface area contributed by atoms with E-state index in [1.54, 1.807) is 48.5 Å². The summed E-state index contributed by atoms with van der Waals surface area (Å²) in [5.74, 6) is 0.635. The molecule has 0 radical (unpaired) electrons. The maximum Gasteiger partial charge on any atom is 0.263 e. The number of para-hydroxylation sites is 4. The Kier molecular flexibility index (Phi) is 5.80. The number of nitrogens with one attached hydrogen (secondary N) is 1. The second-order valence-electron chi connectivity index (χ2n) is 6.71. The molecule has 1 aromatic heterocycles. The van der Waals surface area contributed by atoms with Gasteiger partial charge in [-0.3, -0.25) is 9.56 Å². The molecule has 4 rings (SSSR count). The van der Waals surface area contributed by atoms with Gasteiger partial charge in [0.1, 0.15) is 11.4 Å². The van der Waals surface area contributed by atoms with Crippen molar-refractivity contribution in [2.75, 3.05) is 29.7 Å². The van der Waals surface area contributed by atoms with E-state index in [-0.39, 0.29) is 16.5 Å². The van der Waals surface area contributed by atoms with Crippen LogP contribution in [0.15, 0.2) is 77.7 Å². The molecule has 10 heteroatoms. The third kappa shape index (κ3) is 4.13. The number of hydrogen-bond donors (Lipinski definition) is 2. The average Bonchev–Trinajstić information content (AvgIpc) is 2.80. The minimum atomic E-state index is -4.01. The highest BCUT2D eigenvalue weighted by Crippen LogP contribution is 2.37. The number of nitrogen functional groups attached to an aromatic ring is 1. The Labute approximate surface area is 185 Å². The number of rotatable bonds is 7. The Morgan fingerprint density at radius 1 is 0.906 bits per heavy atom. The largest absolute Gasteiger partial charge is 0.494 e. The lowest BCUT2D eigenvalue weighted by molar-refractivity contribution is 0.197. The van der Waals surface area contributed by atoms with Crippen LogP contribution in [-0.4, -0.2) is 32.6 Å². The lowest BCUT2D eigenvalue weighted by atomic mass is 10.2. The van der Waals surface area contributed by atoms with Crippen LogP contribution in [0.4, 0.5) is 23.0 Å². The van der Waals surface area contributed by atoms with Crippen molar-refractivity contribution < 1.29 is 18.0 Å². The quantitative estimate of drug-likeness (QED) is 0.322. The van der Waals surface area contributed by atoms with Crippen LogP contribution in [0.1, 0.15) is 0 Å².